The molecule has 0 bridgehead atoms. The van der Waals surface area contributed by atoms with Crippen molar-refractivity contribution in [1.82, 2.24) is 0 Å². The SMILES string of the molecule is CCOC(=O)C(=O)C(C#N)c1ccccc1OC. The number of carbonyl (C=O) groups is 2. The highest BCUT2D eigenvalue weighted by atomic mass is 16.5. The van der Waals surface area contributed by atoms with Gasteiger partial charge >= 0.3 is 5.97 Å². The highest BCUT2D eigenvalue weighted by Gasteiger charge is 2.30. The van der Waals surface area contributed by atoms with Crippen molar-refractivity contribution in [2.45, 2.75) is 12.8 Å². The standard InChI is InChI=1S/C13H13NO4/c1-3-18-13(16)12(15)10(8-14)9-6-4-5-7-11(9)17-2/h4-7,10H,3H2,1-2H3. The summed E-state index contributed by atoms with van der Waals surface area (Å²) >= 11 is 0. The minimum atomic E-state index is -1.21. The van der Waals surface area contributed by atoms with Crippen molar-refractivity contribution >= 4 is 11.8 Å². The van der Waals surface area contributed by atoms with E-state index >= 15 is 0 Å². The molecule has 0 aliphatic carbocycles. The van der Waals surface area contributed by atoms with Crippen LogP contribution in [0.2, 0.25) is 0 Å². The smallest absolute Gasteiger partial charge is 0.376 e. The predicted octanol–water partition coefficient (Wildman–Crippen LogP) is 1.43. The fourth-order valence-electron chi connectivity index (χ4n) is 1.49. The van der Waals surface area contributed by atoms with Gasteiger partial charge in [0.25, 0.3) is 5.78 Å². The molecule has 0 saturated carbocycles. The van der Waals surface area contributed by atoms with Gasteiger partial charge in [0.2, 0.25) is 0 Å². The van der Waals surface area contributed by atoms with Crippen LogP contribution in [0.3, 0.4) is 0 Å². The highest BCUT2D eigenvalue weighted by molar-refractivity contribution is 6.36. The molecule has 0 saturated heterocycles. The van der Waals surface area contributed by atoms with Gasteiger partial charge in [0, 0.05) is 5.56 Å². The lowest BCUT2D eigenvalue weighted by Gasteiger charge is -2.11. The zero-order valence-corrected chi connectivity index (χ0v) is 10.2. The molecule has 0 aromatic heterocycles. The third-order valence-electron chi connectivity index (χ3n) is 2.32. The molecule has 0 aliphatic rings. The monoisotopic (exact) mass is 247 g/mol. The quantitative estimate of drug-likeness (QED) is 0.581. The minimum absolute atomic E-state index is 0.0919. The lowest BCUT2D eigenvalue weighted by Crippen LogP contribution is -2.24. The minimum Gasteiger partial charge on any atom is -0.496 e. The van der Waals surface area contributed by atoms with Crippen LogP contribution in [0.1, 0.15) is 18.4 Å². The summed E-state index contributed by atoms with van der Waals surface area (Å²) < 4.78 is 9.66. The molecule has 5 heteroatoms. The number of ketones is 1. The maximum Gasteiger partial charge on any atom is 0.376 e. The second-order valence-corrected chi connectivity index (χ2v) is 3.39. The fraction of sp³-hybridized carbons (Fsp3) is 0.308. The maximum atomic E-state index is 11.8. The first kappa shape index (κ1) is 13.7. The third-order valence-corrected chi connectivity index (χ3v) is 2.32. The molecule has 1 rings (SSSR count). The number of esters is 1. The van der Waals surface area contributed by atoms with Crippen LogP contribution in [0, 0.1) is 11.3 Å². The largest absolute Gasteiger partial charge is 0.496 e. The summed E-state index contributed by atoms with van der Waals surface area (Å²) in [6.07, 6.45) is 0. The maximum absolute atomic E-state index is 11.8. The van der Waals surface area contributed by atoms with Crippen LogP contribution in [0.5, 0.6) is 5.75 Å². The molecule has 0 fully saturated rings. The Morgan fingerprint density at radius 3 is 2.61 bits per heavy atom. The summed E-state index contributed by atoms with van der Waals surface area (Å²) in [5, 5.41) is 9.05. The van der Waals surface area contributed by atoms with E-state index in [2.05, 4.69) is 4.74 Å². The van der Waals surface area contributed by atoms with E-state index in [0.29, 0.717) is 11.3 Å². The van der Waals surface area contributed by atoms with E-state index in [0.717, 1.165) is 0 Å². The average molecular weight is 247 g/mol. The van der Waals surface area contributed by atoms with Crippen molar-refractivity contribution in [3.63, 3.8) is 0 Å². The van der Waals surface area contributed by atoms with Crippen LogP contribution < -0.4 is 4.74 Å². The number of para-hydroxylation sites is 1. The molecule has 94 valence electrons. The molecule has 1 atom stereocenters. The van der Waals surface area contributed by atoms with E-state index in [-0.39, 0.29) is 6.61 Å². The number of methoxy groups -OCH3 is 1. The molecule has 0 aliphatic heterocycles. The number of hydrogen-bond acceptors (Lipinski definition) is 5. The second-order valence-electron chi connectivity index (χ2n) is 3.39. The van der Waals surface area contributed by atoms with E-state index in [4.69, 9.17) is 10.00 Å². The highest BCUT2D eigenvalue weighted by Crippen LogP contribution is 2.26. The normalized spacial score (nSPS) is 11.2. The summed E-state index contributed by atoms with van der Waals surface area (Å²) in [6, 6.07) is 8.38. The van der Waals surface area contributed by atoms with Gasteiger partial charge in [0.1, 0.15) is 11.7 Å². The summed E-state index contributed by atoms with van der Waals surface area (Å²) in [4.78, 5) is 23.1. The third kappa shape index (κ3) is 2.86. The number of benzene rings is 1. The Morgan fingerprint density at radius 2 is 2.06 bits per heavy atom. The van der Waals surface area contributed by atoms with Crippen LogP contribution in [0.25, 0.3) is 0 Å². The fourth-order valence-corrected chi connectivity index (χ4v) is 1.49. The molecule has 1 aromatic carbocycles. The number of rotatable bonds is 5. The number of nitriles is 1. The van der Waals surface area contributed by atoms with Crippen LogP contribution in [0.15, 0.2) is 24.3 Å². The number of ether oxygens (including phenoxy) is 2. The van der Waals surface area contributed by atoms with Crippen LogP contribution >= 0.6 is 0 Å². The Balaban J connectivity index is 3.07. The molecule has 5 nitrogen and oxygen atoms in total. The second kappa shape index (κ2) is 6.40. The van der Waals surface area contributed by atoms with Gasteiger partial charge < -0.3 is 9.47 Å². The Bertz CT molecular complexity index is 490. The number of Topliss-reactive ketones (excluding diaryl/α,β-unsaturated/α-hetero) is 1. The Hall–Kier alpha value is -2.35. The molecule has 0 radical (unpaired) electrons. The molecule has 0 amide bonds. The number of hydrogen-bond donors (Lipinski definition) is 0. The molecule has 0 N–H and O–H groups in total. The predicted molar refractivity (Wildman–Crippen MR) is 63.0 cm³/mol. The first-order chi connectivity index (χ1) is 8.65. The number of nitrogens with zero attached hydrogens (tertiary/aromatic N) is 1. The first-order valence-corrected chi connectivity index (χ1v) is 5.39. The molecular weight excluding hydrogens is 234 g/mol. The first-order valence-electron chi connectivity index (χ1n) is 5.39. The molecule has 18 heavy (non-hydrogen) atoms. The van der Waals surface area contributed by atoms with E-state index in [1.54, 1.807) is 37.3 Å². The van der Waals surface area contributed by atoms with Gasteiger partial charge in [-0.3, -0.25) is 4.79 Å². The molecule has 0 spiro atoms. The number of carbonyl (C=O) groups excluding carboxylic acids is 2. The summed E-state index contributed by atoms with van der Waals surface area (Å²) in [5.74, 6) is -2.71. The summed E-state index contributed by atoms with van der Waals surface area (Å²) in [7, 11) is 1.43. The molecule has 1 unspecified atom stereocenters. The summed E-state index contributed by atoms with van der Waals surface area (Å²) in [5.41, 5.74) is 0.362. The Kier molecular flexibility index (Phi) is 4.88. The van der Waals surface area contributed by atoms with Gasteiger partial charge in [-0.05, 0) is 13.0 Å². The van der Waals surface area contributed by atoms with Gasteiger partial charge in [-0.2, -0.15) is 5.26 Å². The Labute approximate surface area is 105 Å². The van der Waals surface area contributed by atoms with Crippen molar-refractivity contribution in [2.75, 3.05) is 13.7 Å². The zero-order chi connectivity index (χ0) is 13.5. The molecule has 1 aromatic rings. The van der Waals surface area contributed by atoms with Crippen molar-refractivity contribution in [2.24, 2.45) is 0 Å². The van der Waals surface area contributed by atoms with Gasteiger partial charge in [-0.15, -0.1) is 0 Å². The van der Waals surface area contributed by atoms with Crippen molar-refractivity contribution in [1.29, 1.82) is 5.26 Å². The van der Waals surface area contributed by atoms with Gasteiger partial charge in [-0.25, -0.2) is 4.79 Å². The lowest BCUT2D eigenvalue weighted by molar-refractivity contribution is -0.153. The zero-order valence-electron chi connectivity index (χ0n) is 10.2. The van der Waals surface area contributed by atoms with E-state index in [1.165, 1.54) is 7.11 Å². The lowest BCUT2D eigenvalue weighted by atomic mass is 9.95. The molecular formula is C13H13NO4. The van der Waals surface area contributed by atoms with E-state index in [1.807, 2.05) is 0 Å². The van der Waals surface area contributed by atoms with Crippen LogP contribution in [-0.2, 0) is 14.3 Å². The average Bonchev–Trinajstić information content (AvgIpc) is 2.40. The van der Waals surface area contributed by atoms with Crippen molar-refractivity contribution < 1.29 is 19.1 Å². The van der Waals surface area contributed by atoms with Crippen LogP contribution in [0.4, 0.5) is 0 Å². The van der Waals surface area contributed by atoms with E-state index < -0.39 is 17.7 Å². The van der Waals surface area contributed by atoms with Gasteiger partial charge in [-0.1, -0.05) is 18.2 Å². The van der Waals surface area contributed by atoms with Gasteiger partial charge in [0.05, 0.1) is 19.8 Å². The van der Waals surface area contributed by atoms with Crippen molar-refractivity contribution in [3.05, 3.63) is 29.8 Å². The van der Waals surface area contributed by atoms with Gasteiger partial charge in [0.15, 0.2) is 0 Å². The van der Waals surface area contributed by atoms with Crippen molar-refractivity contribution in [3.8, 4) is 11.8 Å². The summed E-state index contributed by atoms with van der Waals surface area (Å²) in [6.45, 7) is 1.68. The van der Waals surface area contributed by atoms with Crippen LogP contribution in [-0.4, -0.2) is 25.5 Å². The van der Waals surface area contributed by atoms with E-state index in [9.17, 15) is 9.59 Å². The Morgan fingerprint density at radius 1 is 1.39 bits per heavy atom. The molecule has 0 heterocycles. The topological polar surface area (TPSA) is 76.4 Å².